The Bertz CT molecular complexity index is 497. The molecule has 6 heteroatoms. The van der Waals surface area contributed by atoms with Crippen LogP contribution in [0.25, 0.3) is 17.1 Å². The Morgan fingerprint density at radius 3 is 3.00 bits per heavy atom. The van der Waals surface area contributed by atoms with Crippen molar-refractivity contribution in [2.75, 3.05) is 0 Å². The van der Waals surface area contributed by atoms with E-state index in [2.05, 4.69) is 16.5 Å². The molecule has 0 saturated carbocycles. The smallest absolute Gasteiger partial charge is 0.171 e. The molecule has 0 aliphatic heterocycles. The number of nitrogens with zero attached hydrogens (tertiary/aromatic N) is 3. The molecule has 2 aromatic heterocycles. The summed E-state index contributed by atoms with van der Waals surface area (Å²) in [4.78, 5) is 7.77. The minimum atomic E-state index is 0.0632. The molecule has 2 heterocycles. The molecule has 0 spiro atoms. The minimum Gasteiger partial charge on any atom is -0.246 e. The van der Waals surface area contributed by atoms with E-state index in [-0.39, 0.29) is 12.3 Å². The molecule has 72 valence electrons. The van der Waals surface area contributed by atoms with Gasteiger partial charge in [-0.2, -0.15) is 0 Å². The Hall–Kier alpha value is -1.07. The van der Waals surface area contributed by atoms with Crippen LogP contribution in [-0.2, 0) is 0 Å². The van der Waals surface area contributed by atoms with Crippen LogP contribution in [0.2, 0.25) is 5.15 Å². The van der Waals surface area contributed by atoms with Gasteiger partial charge < -0.3 is 0 Å². The molecule has 3 nitrogen and oxygen atoms in total. The molecule has 0 fully saturated rings. The molecule has 0 unspecified atom stereocenters. The van der Waals surface area contributed by atoms with E-state index in [1.807, 2.05) is 0 Å². The van der Waals surface area contributed by atoms with Gasteiger partial charge in [-0.25, -0.2) is 13.9 Å². The lowest BCUT2D eigenvalue weighted by atomic mass is 10.2. The zero-order chi connectivity index (χ0) is 10.1. The second-order valence-electron chi connectivity index (χ2n) is 2.55. The number of hydrogen-bond acceptors (Lipinski definition) is 3. The Balaban J connectivity index is 2.89. The molecule has 14 heavy (non-hydrogen) atoms. The van der Waals surface area contributed by atoms with E-state index in [0.717, 1.165) is 5.56 Å². The molecule has 0 aliphatic rings. The van der Waals surface area contributed by atoms with E-state index in [4.69, 9.17) is 11.6 Å². The lowest BCUT2D eigenvalue weighted by molar-refractivity contribution is 0.919. The van der Waals surface area contributed by atoms with Gasteiger partial charge in [-0.15, -0.1) is 3.89 Å². The molecule has 0 aromatic carbocycles. The first kappa shape index (κ1) is 9.48. The highest BCUT2D eigenvalue weighted by Crippen LogP contribution is 2.28. The average molecular weight is 230 g/mol. The molecule has 2 rings (SSSR count). The van der Waals surface area contributed by atoms with Crippen molar-refractivity contribution in [3.63, 3.8) is 0 Å². The van der Waals surface area contributed by atoms with Crippen molar-refractivity contribution >= 4 is 41.0 Å². The molecule has 0 bridgehead atoms. The monoisotopic (exact) mass is 229 g/mol. The summed E-state index contributed by atoms with van der Waals surface area (Å²) in [5, 5.41) is 0.923. The van der Waals surface area contributed by atoms with Crippen molar-refractivity contribution in [1.29, 1.82) is 0 Å². The molecule has 0 atom stereocenters. The fraction of sp³-hybridized carbons (Fsp3) is 0. The summed E-state index contributed by atoms with van der Waals surface area (Å²) in [7, 11) is 0. The summed E-state index contributed by atoms with van der Waals surface area (Å²) < 4.78 is 13.8. The molecule has 2 aromatic rings. The molecular formula is C8H5ClFN3S. The third kappa shape index (κ3) is 1.29. The first-order chi connectivity index (χ1) is 6.77. The normalized spacial score (nSPS) is 10.7. The average Bonchev–Trinajstić information content (AvgIpc) is 2.57. The van der Waals surface area contributed by atoms with Gasteiger partial charge in [0.25, 0.3) is 0 Å². The highest BCUT2D eigenvalue weighted by atomic mass is 35.5. The van der Waals surface area contributed by atoms with E-state index in [1.54, 1.807) is 12.3 Å². The van der Waals surface area contributed by atoms with Crippen LogP contribution in [0, 0.1) is 0 Å². The maximum Gasteiger partial charge on any atom is 0.171 e. The third-order valence-electron chi connectivity index (χ3n) is 1.83. The first-order valence-electron chi connectivity index (χ1n) is 3.71. The van der Waals surface area contributed by atoms with Crippen LogP contribution in [-0.4, -0.2) is 13.9 Å². The first-order valence-corrected chi connectivity index (χ1v) is 4.76. The topological polar surface area (TPSA) is 30.7 Å². The van der Waals surface area contributed by atoms with Crippen molar-refractivity contribution in [2.45, 2.75) is 0 Å². The van der Waals surface area contributed by atoms with Gasteiger partial charge in [-0.3, -0.25) is 0 Å². The van der Waals surface area contributed by atoms with Crippen LogP contribution in [0.3, 0.4) is 0 Å². The van der Waals surface area contributed by atoms with Crippen LogP contribution in [0.15, 0.2) is 19.1 Å². The summed E-state index contributed by atoms with van der Waals surface area (Å²) >= 11 is 5.93. The summed E-state index contributed by atoms with van der Waals surface area (Å²) in [6, 6.07) is 0. The summed E-state index contributed by atoms with van der Waals surface area (Å²) in [6.45, 7) is 3.61. The number of aromatic nitrogens is 3. The second kappa shape index (κ2) is 3.59. The van der Waals surface area contributed by atoms with Crippen LogP contribution < -0.4 is 0 Å². The van der Waals surface area contributed by atoms with Gasteiger partial charge in [0.05, 0.1) is 5.39 Å². The fourth-order valence-corrected chi connectivity index (χ4v) is 1.82. The molecule has 0 radical (unpaired) electrons. The number of fused-ring (bicyclic) bond motifs is 1. The lowest BCUT2D eigenvalue weighted by Crippen LogP contribution is -1.85. The lowest BCUT2D eigenvalue weighted by Gasteiger charge is -1.94. The van der Waals surface area contributed by atoms with Crippen molar-refractivity contribution in [3.05, 3.63) is 29.8 Å². The van der Waals surface area contributed by atoms with Gasteiger partial charge >= 0.3 is 0 Å². The largest absolute Gasteiger partial charge is 0.246 e. The second-order valence-corrected chi connectivity index (χ2v) is 3.44. The van der Waals surface area contributed by atoms with Gasteiger partial charge in [0.2, 0.25) is 0 Å². The fourth-order valence-electron chi connectivity index (χ4n) is 1.23. The van der Waals surface area contributed by atoms with Gasteiger partial charge in [-0.05, 0) is 0 Å². The zero-order valence-electron chi connectivity index (χ0n) is 6.94. The predicted octanol–water partition coefficient (Wildman–Crippen LogP) is 3.11. The summed E-state index contributed by atoms with van der Waals surface area (Å²) in [5.41, 5.74) is 1.17. The van der Waals surface area contributed by atoms with Crippen molar-refractivity contribution < 1.29 is 3.89 Å². The van der Waals surface area contributed by atoms with Gasteiger partial charge in [0.15, 0.2) is 18.0 Å². The Labute approximate surface area is 89.0 Å². The molecule has 0 N–H and O–H groups in total. The quantitative estimate of drug-likeness (QED) is 0.742. The maximum atomic E-state index is 12.5. The SMILES string of the molecule is C=Cc1cn(SF)c2ncnc(Cl)c12. The number of rotatable bonds is 2. The Morgan fingerprint density at radius 1 is 1.57 bits per heavy atom. The maximum absolute atomic E-state index is 12.5. The van der Waals surface area contributed by atoms with Crippen LogP contribution in [0.1, 0.15) is 5.56 Å². The van der Waals surface area contributed by atoms with Crippen molar-refractivity contribution in [1.82, 2.24) is 13.9 Å². The Kier molecular flexibility index (Phi) is 2.43. The van der Waals surface area contributed by atoms with Crippen LogP contribution in [0.5, 0.6) is 0 Å². The zero-order valence-corrected chi connectivity index (χ0v) is 8.52. The summed E-state index contributed by atoms with van der Waals surface area (Å²) in [5.74, 6) is 0. The van der Waals surface area contributed by atoms with Crippen LogP contribution >= 0.6 is 23.9 Å². The highest BCUT2D eigenvalue weighted by Gasteiger charge is 2.11. The van der Waals surface area contributed by atoms with E-state index >= 15 is 0 Å². The standard InChI is InChI=1S/C8H5ClFN3S/c1-2-5-3-13(14-10)8-6(5)7(9)11-4-12-8/h2-4H,1H2. The molecule has 0 saturated heterocycles. The third-order valence-corrected chi connectivity index (χ3v) is 2.54. The van der Waals surface area contributed by atoms with E-state index in [1.165, 1.54) is 10.3 Å². The van der Waals surface area contributed by atoms with E-state index in [0.29, 0.717) is 16.2 Å². The minimum absolute atomic E-state index is 0.0632. The van der Waals surface area contributed by atoms with E-state index < -0.39 is 0 Å². The number of hydrogen-bond donors (Lipinski definition) is 0. The Morgan fingerprint density at radius 2 is 2.36 bits per heavy atom. The number of halogens is 2. The van der Waals surface area contributed by atoms with Crippen molar-refractivity contribution in [2.24, 2.45) is 0 Å². The molecule has 0 amide bonds. The van der Waals surface area contributed by atoms with Crippen molar-refractivity contribution in [3.8, 4) is 0 Å². The van der Waals surface area contributed by atoms with Gasteiger partial charge in [0.1, 0.15) is 11.5 Å². The van der Waals surface area contributed by atoms with Crippen LogP contribution in [0.4, 0.5) is 3.89 Å². The summed E-state index contributed by atoms with van der Waals surface area (Å²) in [6.07, 6.45) is 4.46. The molecular weight excluding hydrogens is 225 g/mol. The highest BCUT2D eigenvalue weighted by molar-refractivity contribution is 7.92. The molecule has 0 aliphatic carbocycles. The van der Waals surface area contributed by atoms with E-state index in [9.17, 15) is 3.89 Å². The predicted molar refractivity (Wildman–Crippen MR) is 56.7 cm³/mol. The van der Waals surface area contributed by atoms with Gasteiger partial charge in [0, 0.05) is 11.8 Å². The van der Waals surface area contributed by atoms with Gasteiger partial charge in [-0.1, -0.05) is 24.3 Å².